The molecule has 2 heterocycles. The normalized spacial score (nSPS) is 15.4. The lowest BCUT2D eigenvalue weighted by atomic mass is 10.1. The predicted octanol–water partition coefficient (Wildman–Crippen LogP) is 4.74. The molecule has 28 heavy (non-hydrogen) atoms. The van der Waals surface area contributed by atoms with Gasteiger partial charge in [-0.25, -0.2) is 4.98 Å². The maximum absolute atomic E-state index is 12.4. The van der Waals surface area contributed by atoms with Gasteiger partial charge < -0.3 is 10.1 Å². The summed E-state index contributed by atoms with van der Waals surface area (Å²) in [6, 6.07) is 12.2. The van der Waals surface area contributed by atoms with E-state index in [1.807, 2.05) is 25.1 Å². The lowest BCUT2D eigenvalue weighted by Crippen LogP contribution is -2.34. The lowest BCUT2D eigenvalue weighted by molar-refractivity contribution is -0.122. The molecule has 2 aromatic carbocycles. The quantitative estimate of drug-likeness (QED) is 0.649. The number of nitrogens with zero attached hydrogens (tertiary/aromatic N) is 1. The fraction of sp³-hybridized carbons (Fsp3) is 0.150. The maximum atomic E-state index is 12.4. The fourth-order valence-corrected chi connectivity index (χ4v) is 3.89. The molecule has 1 aliphatic heterocycles. The van der Waals surface area contributed by atoms with Crippen LogP contribution < -0.4 is 15.4 Å². The summed E-state index contributed by atoms with van der Waals surface area (Å²) in [5.74, 6) is 0.162. The molecule has 1 atom stereocenters. The van der Waals surface area contributed by atoms with E-state index < -0.39 is 6.10 Å². The van der Waals surface area contributed by atoms with Gasteiger partial charge in [-0.15, -0.1) is 11.3 Å². The molecule has 0 saturated carbocycles. The first-order chi connectivity index (χ1) is 13.4. The highest BCUT2D eigenvalue weighted by molar-refractivity contribution is 7.16. The van der Waals surface area contributed by atoms with E-state index in [-0.39, 0.29) is 11.8 Å². The van der Waals surface area contributed by atoms with Crippen molar-refractivity contribution in [2.24, 2.45) is 0 Å². The van der Waals surface area contributed by atoms with Crippen molar-refractivity contribution in [2.75, 3.05) is 10.6 Å². The number of ether oxygens (including phenoxy) is 1. The summed E-state index contributed by atoms with van der Waals surface area (Å²) in [6.07, 6.45) is -0.521. The molecule has 1 unspecified atom stereocenters. The second-order valence-electron chi connectivity index (χ2n) is 6.35. The molecule has 0 bridgehead atoms. The molecular weight excluding hydrogens is 398 g/mol. The van der Waals surface area contributed by atoms with Crippen LogP contribution in [0.15, 0.2) is 42.5 Å². The largest absolute Gasteiger partial charge is 0.479 e. The van der Waals surface area contributed by atoms with Gasteiger partial charge >= 0.3 is 0 Å². The second kappa shape index (κ2) is 7.26. The highest BCUT2D eigenvalue weighted by Crippen LogP contribution is 2.37. The lowest BCUT2D eigenvalue weighted by Gasteiger charge is -2.23. The molecule has 6 nitrogen and oxygen atoms in total. The van der Waals surface area contributed by atoms with Gasteiger partial charge in [0, 0.05) is 21.0 Å². The monoisotopic (exact) mass is 413 g/mol. The number of rotatable bonds is 3. The highest BCUT2D eigenvalue weighted by Gasteiger charge is 2.24. The summed E-state index contributed by atoms with van der Waals surface area (Å²) in [4.78, 5) is 29.8. The summed E-state index contributed by atoms with van der Waals surface area (Å²) in [5.41, 5.74) is 2.64. The van der Waals surface area contributed by atoms with Crippen LogP contribution in [0.2, 0.25) is 5.02 Å². The summed E-state index contributed by atoms with van der Waals surface area (Å²) in [7, 11) is 0. The Labute approximate surface area is 170 Å². The Bertz CT molecular complexity index is 1100. The minimum absolute atomic E-state index is 0.186. The van der Waals surface area contributed by atoms with Crippen molar-refractivity contribution in [1.82, 2.24) is 4.98 Å². The number of carbonyl (C=O) groups is 2. The Hall–Kier alpha value is -2.90. The molecule has 1 aliphatic rings. The van der Waals surface area contributed by atoms with Gasteiger partial charge in [0.15, 0.2) is 11.2 Å². The molecule has 1 aromatic heterocycles. The Morgan fingerprint density at radius 1 is 1.29 bits per heavy atom. The number of fused-ring (bicyclic) bond motifs is 1. The van der Waals surface area contributed by atoms with Gasteiger partial charge in [-0.1, -0.05) is 17.7 Å². The average molecular weight is 414 g/mol. The van der Waals surface area contributed by atoms with Crippen LogP contribution in [0.25, 0.3) is 11.3 Å². The van der Waals surface area contributed by atoms with Gasteiger partial charge in [-0.05, 0) is 50.2 Å². The van der Waals surface area contributed by atoms with Gasteiger partial charge in [0.05, 0.1) is 11.4 Å². The van der Waals surface area contributed by atoms with Crippen LogP contribution in [0.3, 0.4) is 0 Å². The summed E-state index contributed by atoms with van der Waals surface area (Å²) < 4.78 is 5.58. The molecule has 142 valence electrons. The van der Waals surface area contributed by atoms with E-state index in [4.69, 9.17) is 16.3 Å². The summed E-state index contributed by atoms with van der Waals surface area (Å²) in [6.45, 7) is 3.63. The Balaban J connectivity index is 1.59. The SMILES string of the molecule is Cc1sc(NC(=O)c2cccc(Cl)c2)nc1-c1ccc2c(c1)NC(=O)C(C)O2. The van der Waals surface area contributed by atoms with Gasteiger partial charge in [0.2, 0.25) is 0 Å². The van der Waals surface area contributed by atoms with Crippen molar-refractivity contribution in [2.45, 2.75) is 20.0 Å². The standard InChI is InChI=1S/C20H16ClN3O3S/c1-10-18(25)22-15-9-12(6-7-16(15)27-10)17-11(2)28-20(23-17)24-19(26)13-4-3-5-14(21)8-13/h3-10H,1-2H3,(H,22,25)(H,23,24,26). The minimum Gasteiger partial charge on any atom is -0.479 e. The first-order valence-corrected chi connectivity index (χ1v) is 9.76. The molecule has 3 aromatic rings. The van der Waals surface area contributed by atoms with Crippen molar-refractivity contribution in [3.8, 4) is 17.0 Å². The smallest absolute Gasteiger partial charge is 0.265 e. The van der Waals surface area contributed by atoms with E-state index in [1.54, 1.807) is 31.2 Å². The van der Waals surface area contributed by atoms with Crippen LogP contribution in [0.5, 0.6) is 5.75 Å². The Morgan fingerprint density at radius 3 is 2.89 bits per heavy atom. The van der Waals surface area contributed by atoms with Crippen molar-refractivity contribution in [3.05, 3.63) is 57.9 Å². The van der Waals surface area contributed by atoms with Gasteiger partial charge in [-0.3, -0.25) is 14.9 Å². The number of aromatic nitrogens is 1. The zero-order chi connectivity index (χ0) is 19.8. The number of carbonyl (C=O) groups excluding carboxylic acids is 2. The van der Waals surface area contributed by atoms with Crippen molar-refractivity contribution in [3.63, 3.8) is 0 Å². The van der Waals surface area contributed by atoms with Crippen LogP contribution >= 0.6 is 22.9 Å². The minimum atomic E-state index is -0.521. The zero-order valence-corrected chi connectivity index (χ0v) is 16.6. The van der Waals surface area contributed by atoms with Crippen LogP contribution in [0.4, 0.5) is 10.8 Å². The molecular formula is C20H16ClN3O3S. The molecule has 2 amide bonds. The molecule has 0 fully saturated rings. The number of benzene rings is 2. The van der Waals surface area contributed by atoms with E-state index >= 15 is 0 Å². The van der Waals surface area contributed by atoms with Crippen molar-refractivity contribution < 1.29 is 14.3 Å². The number of hydrogen-bond donors (Lipinski definition) is 2. The molecule has 0 spiro atoms. The predicted molar refractivity (Wildman–Crippen MR) is 110 cm³/mol. The molecule has 0 saturated heterocycles. The second-order valence-corrected chi connectivity index (χ2v) is 7.99. The fourth-order valence-electron chi connectivity index (χ4n) is 2.87. The van der Waals surface area contributed by atoms with E-state index in [2.05, 4.69) is 15.6 Å². The Kier molecular flexibility index (Phi) is 4.78. The number of amides is 2. The number of aryl methyl sites for hydroxylation is 1. The van der Waals surface area contributed by atoms with E-state index in [0.717, 1.165) is 16.1 Å². The summed E-state index contributed by atoms with van der Waals surface area (Å²) >= 11 is 7.33. The van der Waals surface area contributed by atoms with Crippen LogP contribution in [0.1, 0.15) is 22.2 Å². The molecule has 0 radical (unpaired) electrons. The first-order valence-electron chi connectivity index (χ1n) is 8.57. The number of nitrogens with one attached hydrogen (secondary N) is 2. The Morgan fingerprint density at radius 2 is 2.11 bits per heavy atom. The molecule has 0 aliphatic carbocycles. The summed E-state index contributed by atoms with van der Waals surface area (Å²) in [5, 5.41) is 6.63. The number of thiazole rings is 1. The number of anilines is 2. The van der Waals surface area contributed by atoms with E-state index in [1.165, 1.54) is 11.3 Å². The first kappa shape index (κ1) is 18.5. The van der Waals surface area contributed by atoms with Crippen LogP contribution in [-0.2, 0) is 4.79 Å². The van der Waals surface area contributed by atoms with Crippen molar-refractivity contribution in [1.29, 1.82) is 0 Å². The molecule has 4 rings (SSSR count). The maximum Gasteiger partial charge on any atom is 0.265 e. The zero-order valence-electron chi connectivity index (χ0n) is 15.1. The third-order valence-corrected chi connectivity index (χ3v) is 5.41. The van der Waals surface area contributed by atoms with Crippen LogP contribution in [-0.4, -0.2) is 22.9 Å². The van der Waals surface area contributed by atoms with Crippen molar-refractivity contribution >= 4 is 45.6 Å². The molecule has 8 heteroatoms. The van der Waals surface area contributed by atoms with E-state index in [0.29, 0.717) is 27.2 Å². The van der Waals surface area contributed by atoms with Gasteiger partial charge in [0.1, 0.15) is 5.75 Å². The number of hydrogen-bond acceptors (Lipinski definition) is 5. The highest BCUT2D eigenvalue weighted by atomic mass is 35.5. The third kappa shape index (κ3) is 3.58. The third-order valence-electron chi connectivity index (χ3n) is 4.29. The van der Waals surface area contributed by atoms with Gasteiger partial charge in [-0.2, -0.15) is 0 Å². The van der Waals surface area contributed by atoms with Crippen LogP contribution in [0, 0.1) is 6.92 Å². The van der Waals surface area contributed by atoms with Gasteiger partial charge in [0.25, 0.3) is 11.8 Å². The number of halogens is 1. The molecule has 2 N–H and O–H groups in total. The van der Waals surface area contributed by atoms with E-state index in [9.17, 15) is 9.59 Å². The topological polar surface area (TPSA) is 80.3 Å². The average Bonchev–Trinajstić information content (AvgIpc) is 3.02.